The van der Waals surface area contributed by atoms with Crippen LogP contribution in [0.4, 0.5) is 8.78 Å². The predicted octanol–water partition coefficient (Wildman–Crippen LogP) is 4.07. The van der Waals surface area contributed by atoms with Crippen molar-refractivity contribution in [3.05, 3.63) is 58.9 Å². The number of aromatic nitrogens is 1. The van der Waals surface area contributed by atoms with Crippen LogP contribution in [0.15, 0.2) is 41.4 Å². The van der Waals surface area contributed by atoms with Crippen molar-refractivity contribution in [3.63, 3.8) is 0 Å². The minimum atomic E-state index is -3.72. The van der Waals surface area contributed by atoms with Gasteiger partial charge in [0.15, 0.2) is 0 Å². The lowest BCUT2D eigenvalue weighted by molar-refractivity contribution is 0.145. The average molecular weight is 364 g/mol. The number of rotatable bonds is 4. The van der Waals surface area contributed by atoms with E-state index in [1.807, 2.05) is 0 Å². The normalized spacial score (nSPS) is 15.2. The van der Waals surface area contributed by atoms with Gasteiger partial charge in [-0.25, -0.2) is 22.3 Å². The molecule has 7 heteroatoms. The summed E-state index contributed by atoms with van der Waals surface area (Å²) in [7, 11) is -3.72. The molecular formula is C18H18F2N2O2S. The number of sulfonamides is 1. The van der Waals surface area contributed by atoms with Gasteiger partial charge in [-0.15, -0.1) is 0 Å². The topological polar surface area (TPSA) is 73.1 Å². The molecule has 0 radical (unpaired) electrons. The maximum Gasteiger partial charge on any atom is 0.280 e. The van der Waals surface area contributed by atoms with Gasteiger partial charge in [0, 0.05) is 6.20 Å². The van der Waals surface area contributed by atoms with Crippen LogP contribution in [0.3, 0.4) is 0 Å². The fourth-order valence-corrected chi connectivity index (χ4v) is 3.72. The van der Waals surface area contributed by atoms with Gasteiger partial charge in [0.25, 0.3) is 6.43 Å². The first-order valence-corrected chi connectivity index (χ1v) is 9.42. The molecule has 0 amide bonds. The van der Waals surface area contributed by atoms with Crippen LogP contribution >= 0.6 is 0 Å². The standard InChI is InChI=1S/C18H18F2N2O2S/c1-11-9-13(10-22-17(11)18(19)20)16-4-2-3-15(16)12-5-7-14(8-6-12)25(21,23)24/h5-10,18H,2-4H2,1H3,(H2,21,23,24). The minimum Gasteiger partial charge on any atom is -0.254 e. The van der Waals surface area contributed by atoms with Crippen molar-refractivity contribution < 1.29 is 17.2 Å². The molecule has 0 fully saturated rings. The Balaban J connectivity index is 2.02. The van der Waals surface area contributed by atoms with E-state index in [0.29, 0.717) is 5.56 Å². The summed E-state index contributed by atoms with van der Waals surface area (Å²) < 4.78 is 48.5. The molecule has 2 N–H and O–H groups in total. The monoisotopic (exact) mass is 364 g/mol. The minimum absolute atomic E-state index is 0.0650. The Hall–Kier alpha value is -2.12. The summed E-state index contributed by atoms with van der Waals surface area (Å²) >= 11 is 0. The SMILES string of the molecule is Cc1cc(C2=C(c3ccc(S(N)(=O)=O)cc3)CCC2)cnc1C(F)F. The number of nitrogens with zero attached hydrogens (tertiary/aromatic N) is 1. The van der Waals surface area contributed by atoms with Crippen LogP contribution in [0.2, 0.25) is 0 Å². The van der Waals surface area contributed by atoms with Crippen LogP contribution in [0, 0.1) is 6.92 Å². The number of alkyl halides is 2. The van der Waals surface area contributed by atoms with Gasteiger partial charge < -0.3 is 0 Å². The molecule has 1 heterocycles. The summed E-state index contributed by atoms with van der Waals surface area (Å²) in [6, 6.07) is 8.17. The lowest BCUT2D eigenvalue weighted by atomic mass is 9.97. The van der Waals surface area contributed by atoms with Crippen LogP contribution in [0.1, 0.15) is 48.1 Å². The van der Waals surface area contributed by atoms with Crippen LogP contribution in [-0.4, -0.2) is 13.4 Å². The van der Waals surface area contributed by atoms with Crippen molar-refractivity contribution in [2.45, 2.75) is 37.5 Å². The molecule has 1 aromatic heterocycles. The van der Waals surface area contributed by atoms with Gasteiger partial charge in [-0.2, -0.15) is 0 Å². The zero-order chi connectivity index (χ0) is 18.2. The first-order valence-electron chi connectivity index (χ1n) is 7.87. The van der Waals surface area contributed by atoms with E-state index in [1.165, 1.54) is 18.3 Å². The highest BCUT2D eigenvalue weighted by molar-refractivity contribution is 7.89. The molecule has 0 bridgehead atoms. The number of allylic oxidation sites excluding steroid dienone is 2. The zero-order valence-electron chi connectivity index (χ0n) is 13.7. The van der Waals surface area contributed by atoms with E-state index in [9.17, 15) is 17.2 Å². The highest BCUT2D eigenvalue weighted by Crippen LogP contribution is 2.40. The average Bonchev–Trinajstić information content (AvgIpc) is 3.03. The molecule has 25 heavy (non-hydrogen) atoms. The number of benzene rings is 1. The van der Waals surface area contributed by atoms with Crippen LogP contribution in [-0.2, 0) is 10.0 Å². The Labute approximate surface area is 145 Å². The Morgan fingerprint density at radius 1 is 1.08 bits per heavy atom. The fraction of sp³-hybridized carbons (Fsp3) is 0.278. The predicted molar refractivity (Wildman–Crippen MR) is 92.4 cm³/mol. The number of primary sulfonamides is 1. The molecule has 1 aliphatic carbocycles. The third-order valence-corrected chi connectivity index (χ3v) is 5.35. The molecule has 0 spiro atoms. The highest BCUT2D eigenvalue weighted by Gasteiger charge is 2.20. The summed E-state index contributed by atoms with van der Waals surface area (Å²) in [6.45, 7) is 1.63. The second kappa shape index (κ2) is 6.65. The molecule has 0 atom stereocenters. The summed E-state index contributed by atoms with van der Waals surface area (Å²) in [5.74, 6) is 0. The number of aryl methyl sites for hydroxylation is 1. The number of pyridine rings is 1. The van der Waals surface area contributed by atoms with Crippen molar-refractivity contribution in [2.24, 2.45) is 5.14 Å². The van der Waals surface area contributed by atoms with E-state index in [4.69, 9.17) is 5.14 Å². The highest BCUT2D eigenvalue weighted by atomic mass is 32.2. The van der Waals surface area contributed by atoms with Crippen molar-refractivity contribution in [2.75, 3.05) is 0 Å². The second-order valence-electron chi connectivity index (χ2n) is 6.11. The molecule has 0 unspecified atom stereocenters. The van der Waals surface area contributed by atoms with E-state index in [-0.39, 0.29) is 10.6 Å². The van der Waals surface area contributed by atoms with Crippen molar-refractivity contribution in [3.8, 4) is 0 Å². The molecule has 0 saturated heterocycles. The number of nitrogens with two attached hydrogens (primary N) is 1. The van der Waals surface area contributed by atoms with Gasteiger partial charge in [-0.1, -0.05) is 12.1 Å². The lowest BCUT2D eigenvalue weighted by Gasteiger charge is -2.11. The second-order valence-corrected chi connectivity index (χ2v) is 7.67. The molecule has 1 aromatic carbocycles. The van der Waals surface area contributed by atoms with Crippen LogP contribution in [0.25, 0.3) is 11.1 Å². The number of halogens is 2. The van der Waals surface area contributed by atoms with Crippen molar-refractivity contribution >= 4 is 21.2 Å². The van der Waals surface area contributed by atoms with Crippen molar-refractivity contribution in [1.82, 2.24) is 4.98 Å². The Morgan fingerprint density at radius 2 is 1.68 bits per heavy atom. The molecule has 2 aromatic rings. The first kappa shape index (κ1) is 17.7. The van der Waals surface area contributed by atoms with Crippen LogP contribution < -0.4 is 5.14 Å². The molecule has 132 valence electrons. The molecular weight excluding hydrogens is 346 g/mol. The summed E-state index contributed by atoms with van der Waals surface area (Å²) in [5, 5.41) is 5.12. The molecule has 4 nitrogen and oxygen atoms in total. The number of hydrogen-bond donors (Lipinski definition) is 1. The van der Waals surface area contributed by atoms with E-state index in [2.05, 4.69) is 4.98 Å². The van der Waals surface area contributed by atoms with Gasteiger partial charge in [0.2, 0.25) is 10.0 Å². The summed E-state index contributed by atoms with van der Waals surface area (Å²) in [5.41, 5.74) is 4.18. The van der Waals surface area contributed by atoms with E-state index >= 15 is 0 Å². The fourth-order valence-electron chi connectivity index (χ4n) is 3.21. The molecule has 0 aliphatic heterocycles. The quantitative estimate of drug-likeness (QED) is 0.889. The number of hydrogen-bond acceptors (Lipinski definition) is 3. The molecule has 0 saturated carbocycles. The molecule has 1 aliphatic rings. The van der Waals surface area contributed by atoms with Gasteiger partial charge in [0.05, 0.1) is 4.90 Å². The zero-order valence-corrected chi connectivity index (χ0v) is 14.5. The summed E-state index contributed by atoms with van der Waals surface area (Å²) in [4.78, 5) is 3.98. The maximum absolute atomic E-state index is 12.9. The largest absolute Gasteiger partial charge is 0.280 e. The van der Waals surface area contributed by atoms with E-state index in [1.54, 1.807) is 25.1 Å². The van der Waals surface area contributed by atoms with Crippen molar-refractivity contribution in [1.29, 1.82) is 0 Å². The first-order chi connectivity index (χ1) is 11.8. The van der Waals surface area contributed by atoms with E-state index in [0.717, 1.165) is 41.5 Å². The lowest BCUT2D eigenvalue weighted by Crippen LogP contribution is -2.11. The van der Waals surface area contributed by atoms with Gasteiger partial charge >= 0.3 is 0 Å². The summed E-state index contributed by atoms with van der Waals surface area (Å²) in [6.07, 6.45) is 1.54. The molecule has 3 rings (SSSR count). The Morgan fingerprint density at radius 3 is 2.20 bits per heavy atom. The Kier molecular flexibility index (Phi) is 4.71. The maximum atomic E-state index is 12.9. The van der Waals surface area contributed by atoms with Gasteiger partial charge in [-0.05, 0) is 72.2 Å². The Bertz CT molecular complexity index is 936. The third kappa shape index (κ3) is 3.62. The van der Waals surface area contributed by atoms with Crippen LogP contribution in [0.5, 0.6) is 0 Å². The smallest absolute Gasteiger partial charge is 0.254 e. The van der Waals surface area contributed by atoms with Gasteiger partial charge in [-0.3, -0.25) is 4.98 Å². The van der Waals surface area contributed by atoms with Gasteiger partial charge in [0.1, 0.15) is 5.69 Å². The third-order valence-electron chi connectivity index (χ3n) is 4.42. The van der Waals surface area contributed by atoms with E-state index < -0.39 is 16.4 Å².